The molecule has 0 bridgehead atoms. The molecule has 0 spiro atoms. The number of thioether (sulfide) groups is 1. The number of nitrogens with one attached hydrogen (secondary N) is 1. The lowest BCUT2D eigenvalue weighted by Crippen LogP contribution is -2.27. The van der Waals surface area contributed by atoms with Crippen molar-refractivity contribution in [2.75, 3.05) is 12.3 Å². The third-order valence-corrected chi connectivity index (χ3v) is 4.97. The third-order valence-electron chi connectivity index (χ3n) is 3.75. The quantitative estimate of drug-likeness (QED) is 0.338. The topological polar surface area (TPSA) is 127 Å². The number of carbonyl (C=O) groups is 2. The summed E-state index contributed by atoms with van der Waals surface area (Å²) in [4.78, 5) is 33.3. The van der Waals surface area contributed by atoms with Crippen LogP contribution >= 0.6 is 11.8 Å². The Hall–Kier alpha value is -2.13. The lowest BCUT2D eigenvalue weighted by Gasteiger charge is -2.22. The van der Waals surface area contributed by atoms with Crippen molar-refractivity contribution in [2.24, 2.45) is 5.41 Å². The van der Waals surface area contributed by atoms with Gasteiger partial charge >= 0.3 is 5.97 Å². The van der Waals surface area contributed by atoms with Crippen LogP contribution in [-0.4, -0.2) is 39.0 Å². The van der Waals surface area contributed by atoms with Crippen molar-refractivity contribution in [2.45, 2.75) is 59.9 Å². The number of nitrogen functional groups attached to an aromatic ring is 1. The van der Waals surface area contributed by atoms with E-state index in [1.807, 2.05) is 0 Å². The first-order valence-corrected chi connectivity index (χ1v) is 9.88. The smallest absolute Gasteiger partial charge is 0.312 e. The highest BCUT2D eigenvalue weighted by atomic mass is 32.2. The van der Waals surface area contributed by atoms with E-state index in [9.17, 15) is 14.7 Å². The standard InChI is InChI=1S/C19H30N4O4S/c1-11(17(25)22-10-14-9-21-12(2)23-16(14)20)15(7-8-24)28-13(3)27-18(26)19(4,5)6/h9,13,24H,7-8,10H2,1-6H3,(H,22,25)(H2,20,21,23)/b15-11-. The summed E-state index contributed by atoms with van der Waals surface area (Å²) >= 11 is 1.24. The molecule has 1 atom stereocenters. The van der Waals surface area contributed by atoms with Crippen molar-refractivity contribution in [3.05, 3.63) is 28.1 Å². The molecule has 156 valence electrons. The molecule has 1 heterocycles. The van der Waals surface area contributed by atoms with Gasteiger partial charge in [-0.1, -0.05) is 11.8 Å². The predicted molar refractivity (Wildman–Crippen MR) is 110 cm³/mol. The molecular weight excluding hydrogens is 380 g/mol. The summed E-state index contributed by atoms with van der Waals surface area (Å²) in [5.41, 5.74) is 5.81. The molecule has 0 radical (unpaired) electrons. The van der Waals surface area contributed by atoms with E-state index in [2.05, 4.69) is 15.3 Å². The molecule has 1 aromatic rings. The van der Waals surface area contributed by atoms with Crippen LogP contribution in [0.5, 0.6) is 0 Å². The van der Waals surface area contributed by atoms with Crippen molar-refractivity contribution in [3.8, 4) is 0 Å². The van der Waals surface area contributed by atoms with E-state index in [0.29, 0.717) is 27.7 Å². The second-order valence-electron chi connectivity index (χ2n) is 7.37. The summed E-state index contributed by atoms with van der Waals surface area (Å²) in [6.07, 6.45) is 1.87. The maximum atomic E-state index is 12.5. The highest BCUT2D eigenvalue weighted by Gasteiger charge is 2.26. The fourth-order valence-corrected chi connectivity index (χ4v) is 3.09. The lowest BCUT2D eigenvalue weighted by atomic mass is 9.97. The van der Waals surface area contributed by atoms with Crippen LogP contribution in [0.4, 0.5) is 5.82 Å². The zero-order valence-electron chi connectivity index (χ0n) is 17.3. The fraction of sp³-hybridized carbons (Fsp3) is 0.579. The van der Waals surface area contributed by atoms with E-state index in [1.165, 1.54) is 11.8 Å². The molecule has 0 saturated carbocycles. The van der Waals surface area contributed by atoms with E-state index in [1.54, 1.807) is 47.7 Å². The number of hydrogen-bond donors (Lipinski definition) is 3. The van der Waals surface area contributed by atoms with Crippen LogP contribution in [-0.2, 0) is 20.9 Å². The number of carbonyl (C=O) groups excluding carboxylic acids is 2. The number of rotatable bonds is 8. The van der Waals surface area contributed by atoms with Crippen molar-refractivity contribution >= 4 is 29.5 Å². The molecule has 1 aromatic heterocycles. The molecule has 0 fully saturated rings. The average molecular weight is 411 g/mol. The zero-order chi connectivity index (χ0) is 21.5. The van der Waals surface area contributed by atoms with E-state index in [0.717, 1.165) is 0 Å². The highest BCUT2D eigenvalue weighted by Crippen LogP contribution is 2.30. The molecule has 28 heavy (non-hydrogen) atoms. The van der Waals surface area contributed by atoms with E-state index < -0.39 is 10.9 Å². The van der Waals surface area contributed by atoms with Gasteiger partial charge in [-0.25, -0.2) is 9.97 Å². The van der Waals surface area contributed by atoms with Gasteiger partial charge in [-0.15, -0.1) is 0 Å². The van der Waals surface area contributed by atoms with Crippen LogP contribution in [0.25, 0.3) is 0 Å². The summed E-state index contributed by atoms with van der Waals surface area (Å²) in [5, 5.41) is 12.1. The number of amides is 1. The van der Waals surface area contributed by atoms with Crippen LogP contribution in [0, 0.1) is 12.3 Å². The molecule has 8 nitrogen and oxygen atoms in total. The number of aromatic nitrogens is 2. The fourth-order valence-electron chi connectivity index (χ4n) is 2.07. The monoisotopic (exact) mass is 410 g/mol. The van der Waals surface area contributed by atoms with Crippen LogP contribution < -0.4 is 11.1 Å². The first-order chi connectivity index (χ1) is 13.0. The van der Waals surface area contributed by atoms with Gasteiger partial charge in [0.2, 0.25) is 5.91 Å². The summed E-state index contributed by atoms with van der Waals surface area (Å²) in [5.74, 6) is 0.254. The Morgan fingerprint density at radius 2 is 2.04 bits per heavy atom. The molecule has 9 heteroatoms. The predicted octanol–water partition coefficient (Wildman–Crippen LogP) is 2.31. The molecular formula is C19H30N4O4S. The average Bonchev–Trinajstić information content (AvgIpc) is 2.58. The molecule has 0 aliphatic carbocycles. The molecule has 4 N–H and O–H groups in total. The molecule has 0 aromatic carbocycles. The Bertz CT molecular complexity index is 744. The summed E-state index contributed by atoms with van der Waals surface area (Å²) in [7, 11) is 0. The maximum Gasteiger partial charge on any atom is 0.312 e. The molecule has 0 aliphatic rings. The normalized spacial score (nSPS) is 13.5. The first kappa shape index (κ1) is 23.9. The molecule has 0 aliphatic heterocycles. The molecule has 1 rings (SSSR count). The lowest BCUT2D eigenvalue weighted by molar-refractivity contribution is -0.153. The number of nitrogens with zero attached hydrogens (tertiary/aromatic N) is 2. The van der Waals surface area contributed by atoms with Crippen LogP contribution in [0.15, 0.2) is 16.7 Å². The number of esters is 1. The van der Waals surface area contributed by atoms with Gasteiger partial charge in [0.1, 0.15) is 17.1 Å². The van der Waals surface area contributed by atoms with Gasteiger partial charge in [0.15, 0.2) is 0 Å². The minimum atomic E-state index is -0.613. The van der Waals surface area contributed by atoms with Crippen LogP contribution in [0.3, 0.4) is 0 Å². The number of nitrogens with two attached hydrogens (primary N) is 1. The van der Waals surface area contributed by atoms with Gasteiger partial charge in [0.25, 0.3) is 0 Å². The van der Waals surface area contributed by atoms with Gasteiger partial charge in [0.05, 0.1) is 5.41 Å². The Labute approximate surface area is 170 Å². The van der Waals surface area contributed by atoms with E-state index >= 15 is 0 Å². The number of aliphatic hydroxyl groups excluding tert-OH is 1. The van der Waals surface area contributed by atoms with Gasteiger partial charge in [-0.05, 0) is 46.4 Å². The van der Waals surface area contributed by atoms with Gasteiger partial charge in [-0.3, -0.25) is 9.59 Å². The van der Waals surface area contributed by atoms with Crippen molar-refractivity contribution in [1.82, 2.24) is 15.3 Å². The van der Waals surface area contributed by atoms with Crippen LogP contribution in [0.2, 0.25) is 0 Å². The minimum absolute atomic E-state index is 0.119. The van der Waals surface area contributed by atoms with Crippen molar-refractivity contribution in [3.63, 3.8) is 0 Å². The van der Waals surface area contributed by atoms with Gasteiger partial charge in [-0.2, -0.15) is 0 Å². The number of anilines is 1. The highest BCUT2D eigenvalue weighted by molar-refractivity contribution is 8.03. The number of hydrogen-bond acceptors (Lipinski definition) is 8. The molecule has 0 saturated heterocycles. The number of ether oxygens (including phenoxy) is 1. The second kappa shape index (κ2) is 10.4. The Kier molecular flexibility index (Phi) is 8.90. The molecule has 1 unspecified atom stereocenters. The third kappa shape index (κ3) is 7.47. The second-order valence-corrected chi connectivity index (χ2v) is 8.77. The number of aryl methyl sites for hydroxylation is 1. The minimum Gasteiger partial charge on any atom is -0.451 e. The van der Waals surface area contributed by atoms with E-state index in [4.69, 9.17) is 10.5 Å². The first-order valence-electron chi connectivity index (χ1n) is 9.00. The van der Waals surface area contributed by atoms with Gasteiger partial charge < -0.3 is 20.9 Å². The SMILES string of the molecule is C/C(C(=O)NCc1cnc(C)nc1N)=C(\CCO)SC(C)OC(=O)C(C)(C)C. The van der Waals surface area contributed by atoms with Crippen molar-refractivity contribution in [1.29, 1.82) is 0 Å². The Balaban J connectivity index is 2.81. The summed E-state index contributed by atoms with van der Waals surface area (Å²) < 4.78 is 5.42. The summed E-state index contributed by atoms with van der Waals surface area (Å²) in [6, 6.07) is 0. The van der Waals surface area contributed by atoms with Crippen molar-refractivity contribution < 1.29 is 19.4 Å². The summed E-state index contributed by atoms with van der Waals surface area (Å²) in [6.45, 7) is 10.5. The van der Waals surface area contributed by atoms with E-state index in [-0.39, 0.29) is 31.4 Å². The molecule has 1 amide bonds. The Morgan fingerprint density at radius 3 is 2.57 bits per heavy atom. The Morgan fingerprint density at radius 1 is 1.39 bits per heavy atom. The van der Waals surface area contributed by atoms with Crippen LogP contribution in [0.1, 0.15) is 52.4 Å². The zero-order valence-corrected chi connectivity index (χ0v) is 18.1. The maximum absolute atomic E-state index is 12.5. The number of aliphatic hydroxyl groups is 1. The van der Waals surface area contributed by atoms with Gasteiger partial charge in [0, 0.05) is 36.9 Å². The largest absolute Gasteiger partial charge is 0.451 e.